The first kappa shape index (κ1) is 11.7. The number of pyridine rings is 1. The molecule has 0 saturated heterocycles. The molecule has 5 nitrogen and oxygen atoms in total. The maximum Gasteiger partial charge on any atom is 0.343 e. The molecule has 0 aliphatic heterocycles. The van der Waals surface area contributed by atoms with Crippen LogP contribution in [0.3, 0.4) is 0 Å². The molecule has 0 aliphatic carbocycles. The molecule has 1 aromatic heterocycles. The zero-order valence-corrected chi connectivity index (χ0v) is 9.04. The second-order valence-electron chi connectivity index (χ2n) is 2.62. The summed E-state index contributed by atoms with van der Waals surface area (Å²) in [4.78, 5) is 15.2. The monoisotopic (exact) mass is 231 g/mol. The van der Waals surface area contributed by atoms with E-state index in [9.17, 15) is 4.79 Å². The molecule has 6 heteroatoms. The molecular weight excluding hydrogens is 222 g/mol. The average Bonchev–Trinajstić information content (AvgIpc) is 2.27. The Hall–Kier alpha value is -1.33. The Kier molecular flexibility index (Phi) is 3.88. The van der Waals surface area contributed by atoms with E-state index < -0.39 is 5.97 Å². The normalized spacial score (nSPS) is 9.87. The number of esters is 1. The van der Waals surface area contributed by atoms with Crippen molar-refractivity contribution in [3.63, 3.8) is 0 Å². The van der Waals surface area contributed by atoms with Gasteiger partial charge in [0, 0.05) is 0 Å². The van der Waals surface area contributed by atoms with Crippen molar-refractivity contribution in [1.29, 1.82) is 0 Å². The largest absolute Gasteiger partial charge is 0.480 e. The van der Waals surface area contributed by atoms with Crippen LogP contribution in [0.1, 0.15) is 16.1 Å². The third-order valence-electron chi connectivity index (χ3n) is 1.76. The number of carbonyl (C=O) groups excluding carboxylic acids is 1. The van der Waals surface area contributed by atoms with Gasteiger partial charge in [0.2, 0.25) is 5.88 Å². The zero-order chi connectivity index (χ0) is 11.4. The van der Waals surface area contributed by atoms with E-state index >= 15 is 0 Å². The van der Waals surface area contributed by atoms with Crippen LogP contribution >= 0.6 is 11.6 Å². The first-order valence-corrected chi connectivity index (χ1v) is 4.44. The predicted molar refractivity (Wildman–Crippen MR) is 53.1 cm³/mol. The van der Waals surface area contributed by atoms with Gasteiger partial charge >= 0.3 is 5.97 Å². The number of rotatable bonds is 3. The van der Waals surface area contributed by atoms with Crippen molar-refractivity contribution in [3.8, 4) is 5.88 Å². The van der Waals surface area contributed by atoms with Gasteiger partial charge in [0.25, 0.3) is 0 Å². The highest BCUT2D eigenvalue weighted by molar-refractivity contribution is 6.31. The van der Waals surface area contributed by atoms with Crippen molar-refractivity contribution in [1.82, 2.24) is 4.98 Å². The van der Waals surface area contributed by atoms with E-state index in [-0.39, 0.29) is 28.8 Å². The van der Waals surface area contributed by atoms with Gasteiger partial charge < -0.3 is 14.6 Å². The molecule has 0 radical (unpaired) electrons. The first-order chi connectivity index (χ1) is 7.13. The van der Waals surface area contributed by atoms with Gasteiger partial charge in [-0.05, 0) is 6.07 Å². The number of methoxy groups -OCH3 is 2. The number of aromatic nitrogens is 1. The minimum absolute atomic E-state index is 0.0790. The lowest BCUT2D eigenvalue weighted by molar-refractivity contribution is 0.0596. The SMILES string of the molecule is COC(=O)c1cc(Cl)c(CO)nc1OC. The summed E-state index contributed by atoms with van der Waals surface area (Å²) in [7, 11) is 2.61. The van der Waals surface area contributed by atoms with E-state index in [0.29, 0.717) is 0 Å². The van der Waals surface area contributed by atoms with E-state index in [4.69, 9.17) is 21.4 Å². The van der Waals surface area contributed by atoms with Crippen molar-refractivity contribution in [2.75, 3.05) is 14.2 Å². The molecule has 0 fully saturated rings. The minimum Gasteiger partial charge on any atom is -0.480 e. The molecule has 1 heterocycles. The van der Waals surface area contributed by atoms with Crippen LogP contribution in [0.25, 0.3) is 0 Å². The summed E-state index contributed by atoms with van der Waals surface area (Å²) in [6.45, 7) is -0.323. The summed E-state index contributed by atoms with van der Waals surface area (Å²) in [5.74, 6) is -0.513. The highest BCUT2D eigenvalue weighted by atomic mass is 35.5. The highest BCUT2D eigenvalue weighted by Gasteiger charge is 2.17. The number of hydrogen-bond acceptors (Lipinski definition) is 5. The standard InChI is InChI=1S/C9H10ClNO4/c1-14-8-5(9(13)15-2)3-6(10)7(4-12)11-8/h3,12H,4H2,1-2H3. The third kappa shape index (κ3) is 2.37. The number of aliphatic hydroxyl groups is 1. The lowest BCUT2D eigenvalue weighted by atomic mass is 10.2. The molecule has 1 aromatic rings. The van der Waals surface area contributed by atoms with Crippen LogP contribution in [-0.2, 0) is 11.3 Å². The summed E-state index contributed by atoms with van der Waals surface area (Å²) >= 11 is 5.77. The topological polar surface area (TPSA) is 68.7 Å². The van der Waals surface area contributed by atoms with Crippen LogP contribution in [0.2, 0.25) is 5.02 Å². The van der Waals surface area contributed by atoms with E-state index in [1.165, 1.54) is 20.3 Å². The lowest BCUT2D eigenvalue weighted by Crippen LogP contribution is -2.07. The van der Waals surface area contributed by atoms with Crippen molar-refractivity contribution < 1.29 is 19.4 Å². The maximum atomic E-state index is 11.3. The molecule has 1 rings (SSSR count). The number of nitrogens with zero attached hydrogens (tertiary/aromatic N) is 1. The van der Waals surface area contributed by atoms with Gasteiger partial charge in [0.05, 0.1) is 31.5 Å². The Balaban J connectivity index is 3.27. The molecule has 0 unspecified atom stereocenters. The highest BCUT2D eigenvalue weighted by Crippen LogP contribution is 2.23. The molecule has 0 aromatic carbocycles. The number of aliphatic hydroxyl groups excluding tert-OH is 1. The van der Waals surface area contributed by atoms with Crippen LogP contribution in [0.4, 0.5) is 0 Å². The number of hydrogen-bond donors (Lipinski definition) is 1. The van der Waals surface area contributed by atoms with Gasteiger partial charge in [-0.2, -0.15) is 0 Å². The molecular formula is C9H10ClNO4. The van der Waals surface area contributed by atoms with Gasteiger partial charge in [-0.25, -0.2) is 9.78 Å². The van der Waals surface area contributed by atoms with Crippen LogP contribution in [0, 0.1) is 0 Å². The molecule has 0 atom stereocenters. The van der Waals surface area contributed by atoms with Gasteiger partial charge in [-0.15, -0.1) is 0 Å². The minimum atomic E-state index is -0.592. The molecule has 0 spiro atoms. The molecule has 0 aliphatic rings. The second-order valence-corrected chi connectivity index (χ2v) is 3.03. The van der Waals surface area contributed by atoms with Gasteiger partial charge in [-0.3, -0.25) is 0 Å². The molecule has 82 valence electrons. The number of ether oxygens (including phenoxy) is 2. The predicted octanol–water partition coefficient (Wildman–Crippen LogP) is 1.02. The molecule has 0 saturated carbocycles. The summed E-state index contributed by atoms with van der Waals surface area (Å²) in [6, 6.07) is 1.35. The van der Waals surface area contributed by atoms with Crippen LogP contribution in [0.5, 0.6) is 5.88 Å². The van der Waals surface area contributed by atoms with Gasteiger partial charge in [-0.1, -0.05) is 11.6 Å². The van der Waals surface area contributed by atoms with Crippen LogP contribution in [0.15, 0.2) is 6.07 Å². The second kappa shape index (κ2) is 4.95. The molecule has 0 amide bonds. The fourth-order valence-corrected chi connectivity index (χ4v) is 1.24. The zero-order valence-electron chi connectivity index (χ0n) is 8.28. The van der Waals surface area contributed by atoms with Crippen molar-refractivity contribution in [2.45, 2.75) is 6.61 Å². The Morgan fingerprint density at radius 1 is 1.60 bits per heavy atom. The van der Waals surface area contributed by atoms with E-state index in [2.05, 4.69) is 9.72 Å². The lowest BCUT2D eigenvalue weighted by Gasteiger charge is -2.08. The van der Waals surface area contributed by atoms with Crippen LogP contribution in [-0.4, -0.2) is 30.3 Å². The van der Waals surface area contributed by atoms with Crippen LogP contribution < -0.4 is 4.74 Å². The molecule has 1 N–H and O–H groups in total. The van der Waals surface area contributed by atoms with Crippen molar-refractivity contribution >= 4 is 17.6 Å². The quantitative estimate of drug-likeness (QED) is 0.787. The Bertz CT molecular complexity index is 381. The molecule has 15 heavy (non-hydrogen) atoms. The number of halogens is 1. The summed E-state index contributed by atoms with van der Waals surface area (Å²) in [5.41, 5.74) is 0.378. The number of carbonyl (C=O) groups is 1. The Morgan fingerprint density at radius 2 is 2.27 bits per heavy atom. The summed E-state index contributed by atoms with van der Waals surface area (Å²) in [6.07, 6.45) is 0. The summed E-state index contributed by atoms with van der Waals surface area (Å²) in [5, 5.41) is 9.10. The fourth-order valence-electron chi connectivity index (χ4n) is 1.03. The smallest absolute Gasteiger partial charge is 0.343 e. The summed E-state index contributed by atoms with van der Waals surface area (Å²) < 4.78 is 9.41. The van der Waals surface area contributed by atoms with E-state index in [1.807, 2.05) is 0 Å². The third-order valence-corrected chi connectivity index (χ3v) is 2.09. The van der Waals surface area contributed by atoms with E-state index in [1.54, 1.807) is 0 Å². The first-order valence-electron chi connectivity index (χ1n) is 4.06. The van der Waals surface area contributed by atoms with Crippen molar-refractivity contribution in [3.05, 3.63) is 22.3 Å². The Labute approximate surface area is 91.6 Å². The molecule has 0 bridgehead atoms. The van der Waals surface area contributed by atoms with E-state index in [0.717, 1.165) is 0 Å². The van der Waals surface area contributed by atoms with Gasteiger partial charge in [0.1, 0.15) is 5.56 Å². The van der Waals surface area contributed by atoms with Gasteiger partial charge in [0.15, 0.2) is 0 Å². The fraction of sp³-hybridized carbons (Fsp3) is 0.333. The van der Waals surface area contributed by atoms with Crippen molar-refractivity contribution in [2.24, 2.45) is 0 Å². The average molecular weight is 232 g/mol. The Morgan fingerprint density at radius 3 is 2.73 bits per heavy atom. The maximum absolute atomic E-state index is 11.3.